The average molecular weight is 300 g/mol. The molecule has 0 saturated carbocycles. The summed E-state index contributed by atoms with van der Waals surface area (Å²) in [6.45, 7) is 12.6. The number of nitrogens with one attached hydrogen (secondary N) is 1. The molecule has 0 aromatic heterocycles. The second-order valence-electron chi connectivity index (χ2n) is 5.91. The molecule has 0 amide bonds. The van der Waals surface area contributed by atoms with Crippen molar-refractivity contribution in [3.8, 4) is 0 Å². The number of rotatable bonds is 9. The Morgan fingerprint density at radius 3 is 2.43 bits per heavy atom. The number of piperidine rings is 1. The molecule has 5 heteroatoms. The fourth-order valence-corrected chi connectivity index (χ4v) is 2.80. The fourth-order valence-electron chi connectivity index (χ4n) is 2.80. The van der Waals surface area contributed by atoms with Crippen LogP contribution in [-0.2, 0) is 14.3 Å². The molecule has 1 N–H and O–H groups in total. The topological polar surface area (TPSA) is 50.8 Å². The quantitative estimate of drug-likeness (QED) is 0.658. The van der Waals surface area contributed by atoms with E-state index in [-0.39, 0.29) is 5.97 Å². The Morgan fingerprint density at radius 1 is 1.24 bits per heavy atom. The van der Waals surface area contributed by atoms with Gasteiger partial charge in [0.15, 0.2) is 0 Å². The van der Waals surface area contributed by atoms with Gasteiger partial charge in [0.05, 0.1) is 12.7 Å². The second-order valence-corrected chi connectivity index (χ2v) is 5.91. The smallest absolute Gasteiger partial charge is 0.327 e. The SMILES string of the molecule is CCCNC(C)(CN1CCC(OCC)CC1)C(=O)OCC. The molecular formula is C16H32N2O3. The van der Waals surface area contributed by atoms with Gasteiger partial charge < -0.3 is 19.7 Å². The van der Waals surface area contributed by atoms with E-state index in [9.17, 15) is 4.79 Å². The van der Waals surface area contributed by atoms with Crippen molar-refractivity contribution in [3.63, 3.8) is 0 Å². The molecule has 0 aromatic carbocycles. The van der Waals surface area contributed by atoms with Gasteiger partial charge in [0.25, 0.3) is 0 Å². The summed E-state index contributed by atoms with van der Waals surface area (Å²) in [5.74, 6) is -0.148. The van der Waals surface area contributed by atoms with Crippen molar-refractivity contribution < 1.29 is 14.3 Å². The van der Waals surface area contributed by atoms with Crippen molar-refractivity contribution in [1.82, 2.24) is 10.2 Å². The minimum atomic E-state index is -0.621. The van der Waals surface area contributed by atoms with Crippen LogP contribution in [0.1, 0.15) is 47.0 Å². The van der Waals surface area contributed by atoms with Crippen LogP contribution in [0.15, 0.2) is 0 Å². The van der Waals surface area contributed by atoms with Gasteiger partial charge in [-0.15, -0.1) is 0 Å². The van der Waals surface area contributed by atoms with Crippen LogP contribution in [0.2, 0.25) is 0 Å². The van der Waals surface area contributed by atoms with Gasteiger partial charge in [0, 0.05) is 26.2 Å². The third-order valence-corrected chi connectivity index (χ3v) is 3.97. The van der Waals surface area contributed by atoms with E-state index in [4.69, 9.17) is 9.47 Å². The average Bonchev–Trinajstić information content (AvgIpc) is 2.48. The Hall–Kier alpha value is -0.650. The number of esters is 1. The molecule has 1 heterocycles. The third-order valence-electron chi connectivity index (χ3n) is 3.97. The number of likely N-dealkylation sites (tertiary alicyclic amines) is 1. The molecular weight excluding hydrogens is 268 g/mol. The first-order chi connectivity index (χ1) is 10.1. The Morgan fingerprint density at radius 2 is 1.90 bits per heavy atom. The number of carbonyl (C=O) groups excluding carboxylic acids is 1. The van der Waals surface area contributed by atoms with Gasteiger partial charge in [-0.05, 0) is 46.6 Å². The van der Waals surface area contributed by atoms with E-state index >= 15 is 0 Å². The molecule has 1 aliphatic heterocycles. The molecule has 0 aliphatic carbocycles. The lowest BCUT2D eigenvalue weighted by atomic mass is 9.99. The number of hydrogen-bond donors (Lipinski definition) is 1. The Kier molecular flexibility index (Phi) is 8.22. The molecule has 1 atom stereocenters. The van der Waals surface area contributed by atoms with Gasteiger partial charge in [0.1, 0.15) is 5.54 Å². The standard InChI is InChI=1S/C16H32N2O3/c1-5-10-17-16(4,15(19)21-7-3)13-18-11-8-14(9-12-18)20-6-2/h14,17H,5-13H2,1-4H3. The summed E-state index contributed by atoms with van der Waals surface area (Å²) in [5, 5.41) is 3.37. The van der Waals surface area contributed by atoms with Crippen LogP contribution in [0.4, 0.5) is 0 Å². The Balaban J connectivity index is 2.54. The highest BCUT2D eigenvalue weighted by atomic mass is 16.5. The molecule has 0 aromatic rings. The van der Waals surface area contributed by atoms with E-state index in [1.54, 1.807) is 0 Å². The molecule has 1 rings (SSSR count). The number of hydrogen-bond acceptors (Lipinski definition) is 5. The lowest BCUT2D eigenvalue weighted by Crippen LogP contribution is -2.59. The molecule has 0 radical (unpaired) electrons. The lowest BCUT2D eigenvalue weighted by Gasteiger charge is -2.38. The van der Waals surface area contributed by atoms with Crippen molar-refractivity contribution in [2.45, 2.75) is 58.6 Å². The van der Waals surface area contributed by atoms with Crippen LogP contribution in [0.25, 0.3) is 0 Å². The van der Waals surface area contributed by atoms with Crippen LogP contribution in [0.5, 0.6) is 0 Å². The molecule has 0 bridgehead atoms. The minimum Gasteiger partial charge on any atom is -0.465 e. The van der Waals surface area contributed by atoms with Gasteiger partial charge in [0.2, 0.25) is 0 Å². The summed E-state index contributed by atoms with van der Waals surface area (Å²) in [5.41, 5.74) is -0.621. The summed E-state index contributed by atoms with van der Waals surface area (Å²) in [7, 11) is 0. The Bertz CT molecular complexity index is 304. The molecule has 1 unspecified atom stereocenters. The van der Waals surface area contributed by atoms with E-state index in [0.29, 0.717) is 19.3 Å². The first kappa shape index (κ1) is 18.4. The highest BCUT2D eigenvalue weighted by Crippen LogP contribution is 2.17. The molecule has 124 valence electrons. The monoisotopic (exact) mass is 300 g/mol. The van der Waals surface area contributed by atoms with E-state index < -0.39 is 5.54 Å². The zero-order valence-electron chi connectivity index (χ0n) is 14.1. The van der Waals surface area contributed by atoms with Crippen molar-refractivity contribution >= 4 is 5.97 Å². The highest BCUT2D eigenvalue weighted by Gasteiger charge is 2.37. The van der Waals surface area contributed by atoms with Gasteiger partial charge in [-0.2, -0.15) is 0 Å². The molecule has 0 spiro atoms. The van der Waals surface area contributed by atoms with Crippen molar-refractivity contribution in [2.24, 2.45) is 0 Å². The number of ether oxygens (including phenoxy) is 2. The molecule has 1 saturated heterocycles. The van der Waals surface area contributed by atoms with Crippen molar-refractivity contribution in [1.29, 1.82) is 0 Å². The van der Waals surface area contributed by atoms with Gasteiger partial charge in [-0.1, -0.05) is 6.92 Å². The normalized spacial score (nSPS) is 20.2. The maximum atomic E-state index is 12.3. The van der Waals surface area contributed by atoms with Gasteiger partial charge >= 0.3 is 5.97 Å². The maximum absolute atomic E-state index is 12.3. The number of carbonyl (C=O) groups is 1. The van der Waals surface area contributed by atoms with Crippen LogP contribution in [0.3, 0.4) is 0 Å². The first-order valence-corrected chi connectivity index (χ1v) is 8.31. The lowest BCUT2D eigenvalue weighted by molar-refractivity contribution is -0.151. The minimum absolute atomic E-state index is 0.148. The summed E-state index contributed by atoms with van der Waals surface area (Å²) in [6, 6.07) is 0. The predicted molar refractivity (Wildman–Crippen MR) is 84.4 cm³/mol. The summed E-state index contributed by atoms with van der Waals surface area (Å²) >= 11 is 0. The predicted octanol–water partition coefficient (Wildman–Crippen LogP) is 1.81. The Labute approximate surface area is 129 Å². The van der Waals surface area contributed by atoms with E-state index in [0.717, 1.165) is 45.5 Å². The van der Waals surface area contributed by atoms with Crippen molar-refractivity contribution in [3.05, 3.63) is 0 Å². The van der Waals surface area contributed by atoms with Gasteiger partial charge in [-0.3, -0.25) is 4.79 Å². The van der Waals surface area contributed by atoms with Crippen LogP contribution >= 0.6 is 0 Å². The number of nitrogens with zero attached hydrogens (tertiary/aromatic N) is 1. The van der Waals surface area contributed by atoms with Crippen LogP contribution < -0.4 is 5.32 Å². The van der Waals surface area contributed by atoms with E-state index in [1.807, 2.05) is 20.8 Å². The largest absolute Gasteiger partial charge is 0.465 e. The van der Waals surface area contributed by atoms with Crippen LogP contribution in [0, 0.1) is 0 Å². The summed E-state index contributed by atoms with van der Waals surface area (Å²) in [4.78, 5) is 14.6. The van der Waals surface area contributed by atoms with Gasteiger partial charge in [-0.25, -0.2) is 0 Å². The fraction of sp³-hybridized carbons (Fsp3) is 0.938. The van der Waals surface area contributed by atoms with Crippen molar-refractivity contribution in [2.75, 3.05) is 39.4 Å². The van der Waals surface area contributed by atoms with Crippen LogP contribution in [-0.4, -0.2) is 61.9 Å². The molecule has 5 nitrogen and oxygen atoms in total. The third kappa shape index (κ3) is 5.93. The van der Waals surface area contributed by atoms with E-state index in [2.05, 4.69) is 17.1 Å². The maximum Gasteiger partial charge on any atom is 0.327 e. The summed E-state index contributed by atoms with van der Waals surface area (Å²) in [6.07, 6.45) is 3.46. The first-order valence-electron chi connectivity index (χ1n) is 8.31. The summed E-state index contributed by atoms with van der Waals surface area (Å²) < 4.78 is 10.9. The molecule has 1 fully saturated rings. The van der Waals surface area contributed by atoms with E-state index in [1.165, 1.54) is 0 Å². The second kappa shape index (κ2) is 9.38. The molecule has 1 aliphatic rings. The zero-order valence-corrected chi connectivity index (χ0v) is 14.1. The highest BCUT2D eigenvalue weighted by molar-refractivity contribution is 5.80. The zero-order chi connectivity index (χ0) is 15.7. The molecule has 21 heavy (non-hydrogen) atoms.